The summed E-state index contributed by atoms with van der Waals surface area (Å²) in [5.41, 5.74) is 0.341. The number of nitrogens with zero attached hydrogens (tertiary/aromatic N) is 4. The number of amides is 1. The van der Waals surface area contributed by atoms with Crippen LogP contribution in [0.25, 0.3) is 0 Å². The molecule has 0 spiro atoms. The monoisotopic (exact) mass is 549 g/mol. The second-order valence-electron chi connectivity index (χ2n) is 7.93. The van der Waals surface area contributed by atoms with E-state index in [9.17, 15) is 13.6 Å². The SMILES string of the molecule is CCNC(=NCCc1cccc(F)c1F)N1CCN(C(C)C(=O)N2CCCC2)CC1.I. The minimum atomic E-state index is -0.822. The zero-order valence-corrected chi connectivity index (χ0v) is 20.8. The number of carbonyl (C=O) groups is 1. The fourth-order valence-electron chi connectivity index (χ4n) is 4.13. The number of aliphatic imine (C=N–C) groups is 1. The van der Waals surface area contributed by atoms with Gasteiger partial charge in [-0.3, -0.25) is 14.7 Å². The first-order chi connectivity index (χ1) is 14.5. The maximum Gasteiger partial charge on any atom is 0.239 e. The van der Waals surface area contributed by atoms with E-state index in [2.05, 4.69) is 20.1 Å². The molecule has 2 heterocycles. The van der Waals surface area contributed by atoms with Gasteiger partial charge in [-0.25, -0.2) is 8.78 Å². The summed E-state index contributed by atoms with van der Waals surface area (Å²) in [4.78, 5) is 23.7. The van der Waals surface area contributed by atoms with E-state index in [0.717, 1.165) is 70.7 Å². The summed E-state index contributed by atoms with van der Waals surface area (Å²) < 4.78 is 27.2. The smallest absolute Gasteiger partial charge is 0.239 e. The van der Waals surface area contributed by atoms with Gasteiger partial charge in [-0.05, 0) is 44.7 Å². The zero-order chi connectivity index (χ0) is 21.5. The van der Waals surface area contributed by atoms with Gasteiger partial charge in [-0.15, -0.1) is 24.0 Å². The van der Waals surface area contributed by atoms with E-state index in [1.54, 1.807) is 6.07 Å². The Bertz CT molecular complexity index is 749. The summed E-state index contributed by atoms with van der Waals surface area (Å²) in [6, 6.07) is 4.15. The number of likely N-dealkylation sites (tertiary alicyclic amines) is 1. The van der Waals surface area contributed by atoms with Crippen LogP contribution in [0.1, 0.15) is 32.3 Å². The Labute approximate surface area is 201 Å². The number of halogens is 3. The molecule has 6 nitrogen and oxygen atoms in total. The van der Waals surface area contributed by atoms with E-state index in [1.807, 2.05) is 18.7 Å². The van der Waals surface area contributed by atoms with E-state index >= 15 is 0 Å². The number of hydrogen-bond donors (Lipinski definition) is 1. The maximum atomic E-state index is 13.8. The van der Waals surface area contributed by atoms with Gasteiger partial charge in [-0.2, -0.15) is 0 Å². The number of nitrogens with one attached hydrogen (secondary N) is 1. The summed E-state index contributed by atoms with van der Waals surface area (Å²) in [6.07, 6.45) is 2.56. The molecule has 1 N–H and O–H groups in total. The highest BCUT2D eigenvalue weighted by Gasteiger charge is 2.30. The van der Waals surface area contributed by atoms with Crippen molar-refractivity contribution in [3.8, 4) is 0 Å². The van der Waals surface area contributed by atoms with Crippen LogP contribution < -0.4 is 5.32 Å². The van der Waals surface area contributed by atoms with Crippen molar-refractivity contribution in [1.29, 1.82) is 0 Å². The molecule has 2 aliphatic rings. The van der Waals surface area contributed by atoms with Crippen LogP contribution in [-0.4, -0.2) is 85.0 Å². The van der Waals surface area contributed by atoms with Crippen molar-refractivity contribution in [3.05, 3.63) is 35.4 Å². The Morgan fingerprint density at radius 2 is 1.77 bits per heavy atom. The summed E-state index contributed by atoms with van der Waals surface area (Å²) in [5, 5.41) is 3.29. The minimum absolute atomic E-state index is 0. The van der Waals surface area contributed by atoms with Gasteiger partial charge >= 0.3 is 0 Å². The van der Waals surface area contributed by atoms with Crippen LogP contribution >= 0.6 is 24.0 Å². The maximum absolute atomic E-state index is 13.8. The minimum Gasteiger partial charge on any atom is -0.357 e. The van der Waals surface area contributed by atoms with Crippen molar-refractivity contribution in [1.82, 2.24) is 20.0 Å². The number of hydrogen-bond acceptors (Lipinski definition) is 3. The predicted octanol–water partition coefficient (Wildman–Crippen LogP) is 2.72. The predicted molar refractivity (Wildman–Crippen MR) is 130 cm³/mol. The Hall–Kier alpha value is -1.49. The van der Waals surface area contributed by atoms with Crippen LogP contribution in [-0.2, 0) is 11.2 Å². The lowest BCUT2D eigenvalue weighted by Crippen LogP contribution is -2.57. The molecule has 1 amide bonds. The summed E-state index contributed by atoms with van der Waals surface area (Å²) in [7, 11) is 0. The van der Waals surface area contributed by atoms with E-state index in [0.29, 0.717) is 18.5 Å². The number of piperazine rings is 1. The molecule has 1 aromatic rings. The van der Waals surface area contributed by atoms with Gasteiger partial charge in [0.15, 0.2) is 17.6 Å². The highest BCUT2D eigenvalue weighted by Crippen LogP contribution is 2.15. The summed E-state index contributed by atoms with van der Waals surface area (Å²) >= 11 is 0. The van der Waals surface area contributed by atoms with Crippen molar-refractivity contribution in [2.45, 2.75) is 39.2 Å². The van der Waals surface area contributed by atoms with Crippen molar-refractivity contribution in [2.75, 3.05) is 52.4 Å². The van der Waals surface area contributed by atoms with Crippen molar-refractivity contribution < 1.29 is 13.6 Å². The molecule has 1 atom stereocenters. The molecule has 0 aromatic heterocycles. The molecule has 0 aliphatic carbocycles. The normalized spacial score (nSPS) is 18.6. The van der Waals surface area contributed by atoms with Crippen molar-refractivity contribution in [3.63, 3.8) is 0 Å². The fraction of sp³-hybridized carbons (Fsp3) is 0.636. The lowest BCUT2D eigenvalue weighted by Gasteiger charge is -2.39. The van der Waals surface area contributed by atoms with E-state index < -0.39 is 11.6 Å². The molecule has 3 rings (SSSR count). The first-order valence-corrected chi connectivity index (χ1v) is 11.0. The van der Waals surface area contributed by atoms with Crippen LogP contribution in [0.15, 0.2) is 23.2 Å². The molecule has 31 heavy (non-hydrogen) atoms. The lowest BCUT2D eigenvalue weighted by molar-refractivity contribution is -0.135. The van der Waals surface area contributed by atoms with Gasteiger partial charge in [0.2, 0.25) is 5.91 Å². The van der Waals surface area contributed by atoms with E-state index in [-0.39, 0.29) is 35.9 Å². The number of rotatable bonds is 6. The zero-order valence-electron chi connectivity index (χ0n) is 18.4. The molecule has 2 aliphatic heterocycles. The van der Waals surface area contributed by atoms with Crippen molar-refractivity contribution >= 4 is 35.8 Å². The van der Waals surface area contributed by atoms with Gasteiger partial charge in [0.05, 0.1) is 6.04 Å². The van der Waals surface area contributed by atoms with Gasteiger partial charge in [0.25, 0.3) is 0 Å². The number of carbonyl (C=O) groups excluding carboxylic acids is 1. The topological polar surface area (TPSA) is 51.2 Å². The first kappa shape index (κ1) is 25.8. The third kappa shape index (κ3) is 6.74. The molecular weight excluding hydrogens is 515 g/mol. The van der Waals surface area contributed by atoms with Gasteiger partial charge in [0.1, 0.15) is 0 Å². The molecule has 0 bridgehead atoms. The highest BCUT2D eigenvalue weighted by molar-refractivity contribution is 14.0. The van der Waals surface area contributed by atoms with Crippen LogP contribution in [0.5, 0.6) is 0 Å². The number of guanidine groups is 1. The van der Waals surface area contributed by atoms with Crippen molar-refractivity contribution in [2.24, 2.45) is 4.99 Å². The average molecular weight is 549 g/mol. The molecular formula is C22H34F2IN5O. The second kappa shape index (κ2) is 12.5. The van der Waals surface area contributed by atoms with Crippen LogP contribution in [0.4, 0.5) is 8.78 Å². The van der Waals surface area contributed by atoms with Crippen LogP contribution in [0, 0.1) is 11.6 Å². The Kier molecular flexibility index (Phi) is 10.4. The summed E-state index contributed by atoms with van der Waals surface area (Å²) in [5.74, 6) is -0.591. The average Bonchev–Trinajstić information content (AvgIpc) is 3.30. The quantitative estimate of drug-likeness (QED) is 0.337. The molecule has 0 radical (unpaired) electrons. The fourth-order valence-corrected chi connectivity index (χ4v) is 4.13. The second-order valence-corrected chi connectivity index (χ2v) is 7.93. The molecule has 0 saturated carbocycles. The highest BCUT2D eigenvalue weighted by atomic mass is 127. The molecule has 9 heteroatoms. The third-order valence-corrected chi connectivity index (χ3v) is 5.95. The van der Waals surface area contributed by atoms with Gasteiger partial charge in [0, 0.05) is 52.4 Å². The Balaban J connectivity index is 0.00000341. The standard InChI is InChI=1S/C22H33F2N5O.HI/c1-3-25-22(26-10-9-18-7-6-8-19(23)20(18)24)29-15-13-27(14-16-29)17(2)21(30)28-11-4-5-12-28;/h6-8,17H,3-5,9-16H2,1-2H3,(H,25,26);1H. The van der Waals surface area contributed by atoms with Gasteiger partial charge in [-0.1, -0.05) is 12.1 Å². The Morgan fingerprint density at radius 3 is 2.42 bits per heavy atom. The Morgan fingerprint density at radius 1 is 1.10 bits per heavy atom. The first-order valence-electron chi connectivity index (χ1n) is 11.0. The molecule has 2 fully saturated rings. The van der Waals surface area contributed by atoms with Crippen LogP contribution in [0.2, 0.25) is 0 Å². The molecule has 174 valence electrons. The van der Waals surface area contributed by atoms with Gasteiger partial charge < -0.3 is 15.1 Å². The summed E-state index contributed by atoms with van der Waals surface area (Å²) in [6.45, 7) is 10.0. The third-order valence-electron chi connectivity index (χ3n) is 5.95. The van der Waals surface area contributed by atoms with E-state index in [4.69, 9.17) is 0 Å². The van der Waals surface area contributed by atoms with E-state index in [1.165, 1.54) is 6.07 Å². The number of benzene rings is 1. The lowest BCUT2D eigenvalue weighted by atomic mass is 10.1. The van der Waals surface area contributed by atoms with Crippen LogP contribution in [0.3, 0.4) is 0 Å². The molecule has 1 aromatic carbocycles. The molecule has 2 saturated heterocycles. The largest absolute Gasteiger partial charge is 0.357 e. The molecule has 1 unspecified atom stereocenters.